The third kappa shape index (κ3) is 3.46. The number of imidazole rings is 1. The van der Waals surface area contributed by atoms with Gasteiger partial charge in [-0.2, -0.15) is 0 Å². The number of carbonyl (C=O) groups excluding carboxylic acids is 1. The molecule has 0 saturated carbocycles. The van der Waals surface area contributed by atoms with E-state index in [1.165, 1.54) is 0 Å². The van der Waals surface area contributed by atoms with Crippen molar-refractivity contribution < 1.29 is 9.32 Å². The number of nitrogens with zero attached hydrogens (tertiary/aromatic N) is 3. The summed E-state index contributed by atoms with van der Waals surface area (Å²) in [4.78, 5) is 17.0. The summed E-state index contributed by atoms with van der Waals surface area (Å²) in [5, 5.41) is 7.04. The number of fused-ring (bicyclic) bond motifs is 1. The van der Waals surface area contributed by atoms with Crippen LogP contribution in [0.2, 0.25) is 0 Å². The Hall–Kier alpha value is -3.41. The third-order valence-electron chi connectivity index (χ3n) is 4.53. The van der Waals surface area contributed by atoms with Crippen molar-refractivity contribution in [1.29, 1.82) is 0 Å². The molecule has 2 aromatic heterocycles. The van der Waals surface area contributed by atoms with Crippen LogP contribution in [-0.4, -0.2) is 27.2 Å². The van der Waals surface area contributed by atoms with Gasteiger partial charge in [-0.25, -0.2) is 4.98 Å². The normalized spacial score (nSPS) is 11.0. The number of amides is 1. The van der Waals surface area contributed by atoms with E-state index in [0.717, 1.165) is 29.6 Å². The maximum Gasteiger partial charge on any atom is 0.257 e. The van der Waals surface area contributed by atoms with Gasteiger partial charge in [0, 0.05) is 18.7 Å². The predicted octanol–water partition coefficient (Wildman–Crippen LogP) is 3.82. The predicted molar refractivity (Wildman–Crippen MR) is 103 cm³/mol. The van der Waals surface area contributed by atoms with E-state index in [4.69, 9.17) is 4.52 Å². The lowest BCUT2D eigenvalue weighted by atomic mass is 10.1. The number of aryl methyl sites for hydroxylation is 2. The van der Waals surface area contributed by atoms with Crippen LogP contribution in [0, 0.1) is 6.92 Å². The monoisotopic (exact) mass is 360 g/mol. The molecule has 2 aromatic carbocycles. The van der Waals surface area contributed by atoms with Gasteiger partial charge in [0.1, 0.15) is 17.0 Å². The van der Waals surface area contributed by atoms with Gasteiger partial charge in [0.25, 0.3) is 5.91 Å². The fraction of sp³-hybridized carbons (Fsp3) is 0.190. The van der Waals surface area contributed by atoms with Crippen LogP contribution in [0.3, 0.4) is 0 Å². The number of rotatable bonds is 6. The van der Waals surface area contributed by atoms with E-state index in [1.54, 1.807) is 6.92 Å². The Bertz CT molecular complexity index is 1070. The molecule has 1 N–H and O–H groups in total. The second-order valence-electron chi connectivity index (χ2n) is 6.36. The third-order valence-corrected chi connectivity index (χ3v) is 4.53. The van der Waals surface area contributed by atoms with Crippen molar-refractivity contribution in [2.75, 3.05) is 6.54 Å². The topological polar surface area (TPSA) is 73.0 Å². The molecule has 0 fully saturated rings. The SMILES string of the molecule is Cc1onc(-c2ccccc2)c1C(=O)NCCCn1cnc2ccccc21. The van der Waals surface area contributed by atoms with Gasteiger partial charge in [0.2, 0.25) is 0 Å². The Morgan fingerprint density at radius 2 is 1.89 bits per heavy atom. The quantitative estimate of drug-likeness (QED) is 0.531. The van der Waals surface area contributed by atoms with Crippen LogP contribution >= 0.6 is 0 Å². The second-order valence-corrected chi connectivity index (χ2v) is 6.36. The highest BCUT2D eigenvalue weighted by molar-refractivity contribution is 6.00. The average Bonchev–Trinajstić information content (AvgIpc) is 3.29. The fourth-order valence-corrected chi connectivity index (χ4v) is 3.16. The van der Waals surface area contributed by atoms with E-state index in [1.807, 2.05) is 60.9 Å². The van der Waals surface area contributed by atoms with Gasteiger partial charge in [-0.3, -0.25) is 4.79 Å². The molecule has 27 heavy (non-hydrogen) atoms. The van der Waals surface area contributed by atoms with Crippen molar-refractivity contribution in [3.8, 4) is 11.3 Å². The molecule has 6 nitrogen and oxygen atoms in total. The largest absolute Gasteiger partial charge is 0.360 e. The Labute approximate surface area is 156 Å². The van der Waals surface area contributed by atoms with Crippen molar-refractivity contribution in [1.82, 2.24) is 20.0 Å². The number of aromatic nitrogens is 3. The first kappa shape index (κ1) is 17.0. The van der Waals surface area contributed by atoms with Crippen molar-refractivity contribution in [2.45, 2.75) is 19.9 Å². The molecule has 4 aromatic rings. The van der Waals surface area contributed by atoms with Crippen LogP contribution in [0.25, 0.3) is 22.3 Å². The average molecular weight is 360 g/mol. The molecule has 0 spiro atoms. The molecular formula is C21H20N4O2. The van der Waals surface area contributed by atoms with Crippen molar-refractivity contribution in [2.24, 2.45) is 0 Å². The minimum Gasteiger partial charge on any atom is -0.360 e. The van der Waals surface area contributed by atoms with Crippen molar-refractivity contribution >= 4 is 16.9 Å². The number of nitrogens with one attached hydrogen (secondary N) is 1. The molecule has 6 heteroatoms. The summed E-state index contributed by atoms with van der Waals surface area (Å²) < 4.78 is 7.36. The minimum absolute atomic E-state index is 0.164. The zero-order valence-electron chi connectivity index (χ0n) is 15.1. The zero-order chi connectivity index (χ0) is 18.6. The number of benzene rings is 2. The fourth-order valence-electron chi connectivity index (χ4n) is 3.16. The van der Waals surface area contributed by atoms with E-state index < -0.39 is 0 Å². The highest BCUT2D eigenvalue weighted by Gasteiger charge is 2.21. The summed E-state index contributed by atoms with van der Waals surface area (Å²) in [6.07, 6.45) is 2.64. The standard InChI is InChI=1S/C21H20N4O2/c1-15-19(20(24-27-15)16-8-3-2-4-9-16)21(26)22-12-7-13-25-14-23-17-10-5-6-11-18(17)25/h2-6,8-11,14H,7,12-13H2,1H3,(H,22,26). The van der Waals surface area contributed by atoms with Crippen LogP contribution in [-0.2, 0) is 6.54 Å². The molecule has 1 amide bonds. The number of hydrogen-bond acceptors (Lipinski definition) is 4. The summed E-state index contributed by atoms with van der Waals surface area (Å²) in [7, 11) is 0. The maximum atomic E-state index is 12.7. The second kappa shape index (κ2) is 7.45. The highest BCUT2D eigenvalue weighted by atomic mass is 16.5. The molecule has 0 saturated heterocycles. The summed E-state index contributed by atoms with van der Waals surface area (Å²) >= 11 is 0. The first-order valence-corrected chi connectivity index (χ1v) is 8.94. The molecule has 0 atom stereocenters. The van der Waals surface area contributed by atoms with Gasteiger partial charge in [-0.05, 0) is 25.5 Å². The van der Waals surface area contributed by atoms with Gasteiger partial charge < -0.3 is 14.4 Å². The summed E-state index contributed by atoms with van der Waals surface area (Å²) in [5.41, 5.74) is 4.02. The van der Waals surface area contributed by atoms with E-state index in [-0.39, 0.29) is 5.91 Å². The minimum atomic E-state index is -0.164. The molecule has 0 radical (unpaired) electrons. The summed E-state index contributed by atoms with van der Waals surface area (Å²) in [6, 6.07) is 17.6. The summed E-state index contributed by atoms with van der Waals surface area (Å²) in [5.74, 6) is 0.357. The van der Waals surface area contributed by atoms with Crippen LogP contribution in [0.15, 0.2) is 65.4 Å². The van der Waals surface area contributed by atoms with Crippen molar-refractivity contribution in [3.05, 3.63) is 72.2 Å². The van der Waals surface area contributed by atoms with Gasteiger partial charge in [-0.1, -0.05) is 47.6 Å². The molecule has 4 rings (SSSR count). The lowest BCUT2D eigenvalue weighted by Crippen LogP contribution is -2.26. The highest BCUT2D eigenvalue weighted by Crippen LogP contribution is 2.24. The molecule has 0 aliphatic heterocycles. The molecular weight excluding hydrogens is 340 g/mol. The maximum absolute atomic E-state index is 12.7. The van der Waals surface area contributed by atoms with Gasteiger partial charge in [0.05, 0.1) is 17.4 Å². The van der Waals surface area contributed by atoms with Gasteiger partial charge in [-0.15, -0.1) is 0 Å². The Morgan fingerprint density at radius 3 is 2.74 bits per heavy atom. The van der Waals surface area contributed by atoms with Gasteiger partial charge >= 0.3 is 0 Å². The van der Waals surface area contributed by atoms with Crippen LogP contribution < -0.4 is 5.32 Å². The first-order valence-electron chi connectivity index (χ1n) is 8.94. The lowest BCUT2D eigenvalue weighted by Gasteiger charge is -2.07. The van der Waals surface area contributed by atoms with Crippen molar-refractivity contribution in [3.63, 3.8) is 0 Å². The van der Waals surface area contributed by atoms with Crippen LogP contribution in [0.1, 0.15) is 22.5 Å². The molecule has 0 bridgehead atoms. The molecule has 0 unspecified atom stereocenters. The Morgan fingerprint density at radius 1 is 1.11 bits per heavy atom. The first-order chi connectivity index (χ1) is 13.2. The Balaban J connectivity index is 1.40. The van der Waals surface area contributed by atoms with Crippen LogP contribution in [0.5, 0.6) is 0 Å². The van der Waals surface area contributed by atoms with E-state index in [2.05, 4.69) is 20.0 Å². The summed E-state index contributed by atoms with van der Waals surface area (Å²) in [6.45, 7) is 3.10. The number of hydrogen-bond donors (Lipinski definition) is 1. The molecule has 136 valence electrons. The van der Waals surface area contributed by atoms with Gasteiger partial charge in [0.15, 0.2) is 0 Å². The molecule has 0 aliphatic rings. The molecule has 0 aliphatic carbocycles. The number of para-hydroxylation sites is 2. The van der Waals surface area contributed by atoms with E-state index >= 15 is 0 Å². The zero-order valence-corrected chi connectivity index (χ0v) is 15.1. The lowest BCUT2D eigenvalue weighted by molar-refractivity contribution is 0.0952. The smallest absolute Gasteiger partial charge is 0.257 e. The Kier molecular flexibility index (Phi) is 4.70. The molecule has 2 heterocycles. The van der Waals surface area contributed by atoms with E-state index in [9.17, 15) is 4.79 Å². The van der Waals surface area contributed by atoms with E-state index in [0.29, 0.717) is 23.6 Å². The van der Waals surface area contributed by atoms with Crippen LogP contribution in [0.4, 0.5) is 0 Å². The number of carbonyl (C=O) groups is 1.